The standard InChI is InChI=1S/C24H23FN2O2/c25-20-12-10-18(11-13-20)14-24-26-22-8-4-5-9-23(22)27(24)15-21(28)17-29-16-19-6-2-1-3-7-19/h1-13,21,28H,14-17H2. The van der Waals surface area contributed by atoms with E-state index >= 15 is 0 Å². The first-order valence-corrected chi connectivity index (χ1v) is 9.67. The molecule has 1 heterocycles. The van der Waals surface area contributed by atoms with Crippen molar-refractivity contribution in [2.75, 3.05) is 6.61 Å². The van der Waals surface area contributed by atoms with E-state index in [2.05, 4.69) is 0 Å². The molecule has 1 aromatic heterocycles. The SMILES string of the molecule is OC(COCc1ccccc1)Cn1c(Cc2ccc(F)cc2)nc2ccccc21. The van der Waals surface area contributed by atoms with Gasteiger partial charge in [0.2, 0.25) is 0 Å². The van der Waals surface area contributed by atoms with Crippen molar-refractivity contribution in [3.8, 4) is 0 Å². The Kier molecular flexibility index (Phi) is 5.98. The van der Waals surface area contributed by atoms with Crippen LogP contribution in [0.25, 0.3) is 11.0 Å². The number of benzene rings is 3. The van der Waals surface area contributed by atoms with Crippen LogP contribution in [0.4, 0.5) is 4.39 Å². The Balaban J connectivity index is 1.48. The fourth-order valence-corrected chi connectivity index (χ4v) is 3.40. The van der Waals surface area contributed by atoms with E-state index in [9.17, 15) is 9.50 Å². The van der Waals surface area contributed by atoms with E-state index in [4.69, 9.17) is 9.72 Å². The van der Waals surface area contributed by atoms with Gasteiger partial charge in [0.25, 0.3) is 0 Å². The number of aliphatic hydroxyl groups excluding tert-OH is 1. The minimum Gasteiger partial charge on any atom is -0.389 e. The second-order valence-corrected chi connectivity index (χ2v) is 7.09. The number of aromatic nitrogens is 2. The second kappa shape index (κ2) is 8.99. The summed E-state index contributed by atoms with van der Waals surface area (Å²) in [5.74, 6) is 0.577. The minimum atomic E-state index is -0.664. The highest BCUT2D eigenvalue weighted by molar-refractivity contribution is 5.76. The molecule has 0 aliphatic heterocycles. The van der Waals surface area contributed by atoms with Gasteiger partial charge in [0.05, 0.1) is 36.9 Å². The van der Waals surface area contributed by atoms with E-state index in [1.807, 2.05) is 59.2 Å². The molecule has 29 heavy (non-hydrogen) atoms. The van der Waals surface area contributed by atoms with Crippen LogP contribution in [0.2, 0.25) is 0 Å². The fraction of sp³-hybridized carbons (Fsp3) is 0.208. The lowest BCUT2D eigenvalue weighted by molar-refractivity contribution is 0.0205. The van der Waals surface area contributed by atoms with Crippen LogP contribution in [-0.4, -0.2) is 27.4 Å². The Morgan fingerprint density at radius 3 is 2.41 bits per heavy atom. The molecule has 0 radical (unpaired) electrons. The van der Waals surface area contributed by atoms with Gasteiger partial charge in [-0.25, -0.2) is 9.37 Å². The number of hydrogen-bond donors (Lipinski definition) is 1. The smallest absolute Gasteiger partial charge is 0.123 e. The molecule has 1 N–H and O–H groups in total. The first kappa shape index (κ1) is 19.3. The summed E-state index contributed by atoms with van der Waals surface area (Å²) in [4.78, 5) is 4.73. The zero-order valence-electron chi connectivity index (χ0n) is 16.0. The predicted molar refractivity (Wildman–Crippen MR) is 111 cm³/mol. The van der Waals surface area contributed by atoms with Gasteiger partial charge in [-0.2, -0.15) is 0 Å². The highest BCUT2D eigenvalue weighted by atomic mass is 19.1. The number of rotatable bonds is 8. The Hall–Kier alpha value is -3.02. The molecule has 0 saturated heterocycles. The van der Waals surface area contributed by atoms with Gasteiger partial charge in [-0.3, -0.25) is 0 Å². The minimum absolute atomic E-state index is 0.234. The maximum absolute atomic E-state index is 13.2. The number of aliphatic hydroxyl groups is 1. The topological polar surface area (TPSA) is 47.3 Å². The normalized spacial score (nSPS) is 12.3. The molecule has 3 aromatic carbocycles. The molecule has 0 aliphatic rings. The third-order valence-corrected chi connectivity index (χ3v) is 4.82. The Morgan fingerprint density at radius 1 is 0.897 bits per heavy atom. The summed E-state index contributed by atoms with van der Waals surface area (Å²) in [6.45, 7) is 1.08. The third-order valence-electron chi connectivity index (χ3n) is 4.82. The van der Waals surface area contributed by atoms with E-state index in [0.717, 1.165) is 28.0 Å². The van der Waals surface area contributed by atoms with E-state index in [1.54, 1.807) is 12.1 Å². The molecule has 0 saturated carbocycles. The summed E-state index contributed by atoms with van der Waals surface area (Å²) in [6.07, 6.45) is -0.102. The van der Waals surface area contributed by atoms with Crippen LogP contribution in [0.15, 0.2) is 78.9 Å². The molecule has 4 aromatic rings. The highest BCUT2D eigenvalue weighted by Crippen LogP contribution is 2.19. The van der Waals surface area contributed by atoms with E-state index < -0.39 is 6.10 Å². The molecule has 0 fully saturated rings. The summed E-state index contributed by atoms with van der Waals surface area (Å²) < 4.78 is 20.9. The van der Waals surface area contributed by atoms with Crippen molar-refractivity contribution in [3.63, 3.8) is 0 Å². The summed E-state index contributed by atoms with van der Waals surface area (Å²) >= 11 is 0. The zero-order valence-corrected chi connectivity index (χ0v) is 16.0. The maximum atomic E-state index is 13.2. The molecule has 0 aliphatic carbocycles. The molecular weight excluding hydrogens is 367 g/mol. The summed E-state index contributed by atoms with van der Waals surface area (Å²) in [6, 6.07) is 24.2. The van der Waals surface area contributed by atoms with Gasteiger partial charge in [-0.05, 0) is 35.4 Å². The summed E-state index contributed by atoms with van der Waals surface area (Å²) in [5.41, 5.74) is 3.89. The van der Waals surface area contributed by atoms with Crippen LogP contribution in [-0.2, 0) is 24.3 Å². The molecule has 1 unspecified atom stereocenters. The number of nitrogens with zero attached hydrogens (tertiary/aromatic N) is 2. The van der Waals surface area contributed by atoms with E-state index in [-0.39, 0.29) is 12.4 Å². The van der Waals surface area contributed by atoms with Crippen molar-refractivity contribution in [2.45, 2.75) is 25.7 Å². The van der Waals surface area contributed by atoms with Crippen LogP contribution >= 0.6 is 0 Å². The van der Waals surface area contributed by atoms with Gasteiger partial charge >= 0.3 is 0 Å². The van der Waals surface area contributed by atoms with Crippen molar-refractivity contribution >= 4 is 11.0 Å². The van der Waals surface area contributed by atoms with Crippen LogP contribution in [0.3, 0.4) is 0 Å². The van der Waals surface area contributed by atoms with Crippen LogP contribution < -0.4 is 0 Å². The van der Waals surface area contributed by atoms with Crippen molar-refractivity contribution in [3.05, 3.63) is 102 Å². The molecular formula is C24H23FN2O2. The molecule has 0 amide bonds. The van der Waals surface area contributed by atoms with Crippen molar-refractivity contribution in [1.29, 1.82) is 0 Å². The van der Waals surface area contributed by atoms with E-state index in [1.165, 1.54) is 12.1 Å². The van der Waals surface area contributed by atoms with Crippen molar-refractivity contribution in [2.24, 2.45) is 0 Å². The van der Waals surface area contributed by atoms with Crippen LogP contribution in [0.5, 0.6) is 0 Å². The lowest BCUT2D eigenvalue weighted by Gasteiger charge is -2.15. The van der Waals surface area contributed by atoms with Gasteiger partial charge in [0.15, 0.2) is 0 Å². The largest absolute Gasteiger partial charge is 0.389 e. The highest BCUT2D eigenvalue weighted by Gasteiger charge is 2.15. The van der Waals surface area contributed by atoms with Crippen molar-refractivity contribution in [1.82, 2.24) is 9.55 Å². The monoisotopic (exact) mass is 390 g/mol. The van der Waals surface area contributed by atoms with Gasteiger partial charge in [0, 0.05) is 6.42 Å². The maximum Gasteiger partial charge on any atom is 0.123 e. The number of ether oxygens (including phenoxy) is 1. The lowest BCUT2D eigenvalue weighted by atomic mass is 10.1. The predicted octanol–water partition coefficient (Wildman–Crippen LogP) is 4.34. The average Bonchev–Trinajstić information content (AvgIpc) is 3.07. The Bertz CT molecular complexity index is 1060. The average molecular weight is 390 g/mol. The number of fused-ring (bicyclic) bond motifs is 1. The third kappa shape index (κ3) is 4.88. The molecule has 1 atom stereocenters. The van der Waals surface area contributed by atoms with E-state index in [0.29, 0.717) is 19.6 Å². The van der Waals surface area contributed by atoms with Gasteiger partial charge in [-0.15, -0.1) is 0 Å². The van der Waals surface area contributed by atoms with Crippen molar-refractivity contribution < 1.29 is 14.2 Å². The first-order valence-electron chi connectivity index (χ1n) is 9.67. The van der Waals surface area contributed by atoms with Gasteiger partial charge in [0.1, 0.15) is 11.6 Å². The number of hydrogen-bond acceptors (Lipinski definition) is 3. The Labute approximate surface area is 169 Å². The Morgan fingerprint density at radius 2 is 1.62 bits per heavy atom. The first-order chi connectivity index (χ1) is 14.2. The van der Waals surface area contributed by atoms with Crippen LogP contribution in [0.1, 0.15) is 17.0 Å². The molecule has 148 valence electrons. The quantitative estimate of drug-likeness (QED) is 0.487. The second-order valence-electron chi connectivity index (χ2n) is 7.09. The summed E-state index contributed by atoms with van der Waals surface area (Å²) in [7, 11) is 0. The number of halogens is 1. The molecule has 4 nitrogen and oxygen atoms in total. The fourth-order valence-electron chi connectivity index (χ4n) is 3.40. The lowest BCUT2D eigenvalue weighted by Crippen LogP contribution is -2.23. The molecule has 0 spiro atoms. The molecule has 4 rings (SSSR count). The van der Waals surface area contributed by atoms with Gasteiger partial charge < -0.3 is 14.4 Å². The number of para-hydroxylation sites is 2. The number of imidazole rings is 1. The van der Waals surface area contributed by atoms with Gasteiger partial charge in [-0.1, -0.05) is 54.6 Å². The van der Waals surface area contributed by atoms with Crippen LogP contribution in [0, 0.1) is 5.82 Å². The summed E-state index contributed by atoms with van der Waals surface area (Å²) in [5, 5.41) is 10.6. The molecule has 0 bridgehead atoms. The zero-order chi connectivity index (χ0) is 20.1. The molecule has 5 heteroatoms.